The highest BCUT2D eigenvalue weighted by Crippen LogP contribution is 2.18. The Morgan fingerprint density at radius 3 is 2.82 bits per heavy atom. The quantitative estimate of drug-likeness (QED) is 0.776. The Balaban J connectivity index is 2.00. The Hall–Kier alpha value is -1.39. The van der Waals surface area contributed by atoms with Gasteiger partial charge in [-0.1, -0.05) is 24.3 Å². The van der Waals surface area contributed by atoms with E-state index in [1.165, 1.54) is 11.1 Å². The Labute approximate surface area is 102 Å². The molecule has 1 aromatic carbocycles. The van der Waals surface area contributed by atoms with E-state index in [4.69, 9.17) is 5.73 Å². The lowest BCUT2D eigenvalue weighted by Crippen LogP contribution is -2.48. The molecule has 2 rings (SSSR count). The summed E-state index contributed by atoms with van der Waals surface area (Å²) in [7, 11) is 1.77. The largest absolute Gasteiger partial charge is 0.368 e. The van der Waals surface area contributed by atoms with Crippen LogP contribution in [-0.4, -0.2) is 37.0 Å². The summed E-state index contributed by atoms with van der Waals surface area (Å²) in [6.07, 6.45) is 1.05. The molecule has 0 saturated heterocycles. The first-order valence-corrected chi connectivity index (χ1v) is 5.96. The minimum atomic E-state index is -0.286. The summed E-state index contributed by atoms with van der Waals surface area (Å²) < 4.78 is 0. The van der Waals surface area contributed by atoms with Gasteiger partial charge in [-0.25, -0.2) is 0 Å². The van der Waals surface area contributed by atoms with Crippen molar-refractivity contribution < 1.29 is 4.79 Å². The van der Waals surface area contributed by atoms with E-state index in [-0.39, 0.29) is 11.9 Å². The van der Waals surface area contributed by atoms with Gasteiger partial charge in [0, 0.05) is 19.6 Å². The van der Waals surface area contributed by atoms with Gasteiger partial charge in [0.05, 0.1) is 6.04 Å². The Bertz CT molecular complexity index is 405. The lowest BCUT2D eigenvalue weighted by molar-refractivity contribution is -0.120. The summed E-state index contributed by atoms with van der Waals surface area (Å²) in [5.41, 5.74) is 8.11. The van der Waals surface area contributed by atoms with Crippen molar-refractivity contribution in [1.29, 1.82) is 0 Å². The van der Waals surface area contributed by atoms with E-state index in [2.05, 4.69) is 34.5 Å². The molecule has 1 heterocycles. The summed E-state index contributed by atoms with van der Waals surface area (Å²) in [4.78, 5) is 13.5. The minimum absolute atomic E-state index is 0.264. The number of rotatable bonds is 4. The van der Waals surface area contributed by atoms with E-state index in [9.17, 15) is 4.79 Å². The van der Waals surface area contributed by atoms with Crippen molar-refractivity contribution in [2.24, 2.45) is 5.73 Å². The molecule has 0 bridgehead atoms. The van der Waals surface area contributed by atoms with Crippen molar-refractivity contribution in [1.82, 2.24) is 10.2 Å². The first kappa shape index (κ1) is 12.1. The van der Waals surface area contributed by atoms with E-state index in [1.54, 1.807) is 7.05 Å². The second-order valence-corrected chi connectivity index (χ2v) is 4.50. The van der Waals surface area contributed by atoms with Gasteiger partial charge in [-0.15, -0.1) is 0 Å². The van der Waals surface area contributed by atoms with Crippen LogP contribution >= 0.6 is 0 Å². The van der Waals surface area contributed by atoms with Crippen LogP contribution < -0.4 is 11.1 Å². The molecule has 0 fully saturated rings. The molecule has 0 radical (unpaired) electrons. The molecule has 3 N–H and O–H groups in total. The van der Waals surface area contributed by atoms with Crippen LogP contribution in [0.15, 0.2) is 24.3 Å². The van der Waals surface area contributed by atoms with E-state index >= 15 is 0 Å². The van der Waals surface area contributed by atoms with Gasteiger partial charge in [0.25, 0.3) is 0 Å². The lowest BCUT2D eigenvalue weighted by atomic mass is 9.99. The number of benzene rings is 1. The van der Waals surface area contributed by atoms with Crippen molar-refractivity contribution in [3.8, 4) is 0 Å². The predicted octanol–water partition coefficient (Wildman–Crippen LogP) is 0.118. The highest BCUT2D eigenvalue weighted by Gasteiger charge is 2.21. The Morgan fingerprint density at radius 2 is 2.18 bits per heavy atom. The minimum Gasteiger partial charge on any atom is -0.368 e. The summed E-state index contributed by atoms with van der Waals surface area (Å²) in [6, 6.07) is 8.21. The van der Waals surface area contributed by atoms with Crippen LogP contribution in [0.2, 0.25) is 0 Å². The Kier molecular flexibility index (Phi) is 3.76. The van der Waals surface area contributed by atoms with Crippen LogP contribution in [0, 0.1) is 0 Å². The molecule has 92 valence electrons. The predicted molar refractivity (Wildman–Crippen MR) is 67.5 cm³/mol. The molecular weight excluding hydrogens is 214 g/mol. The number of nitrogens with two attached hydrogens (primary N) is 1. The number of nitrogens with zero attached hydrogens (tertiary/aromatic N) is 1. The number of amides is 1. The molecular formula is C13H19N3O. The van der Waals surface area contributed by atoms with Crippen LogP contribution in [0.4, 0.5) is 0 Å². The molecule has 17 heavy (non-hydrogen) atoms. The van der Waals surface area contributed by atoms with Crippen molar-refractivity contribution in [2.45, 2.75) is 19.0 Å². The SMILES string of the molecule is CNC(CN1CCc2ccccc2C1)C(N)=O. The molecule has 1 aliphatic rings. The van der Waals surface area contributed by atoms with Crippen molar-refractivity contribution in [2.75, 3.05) is 20.1 Å². The number of carbonyl (C=O) groups is 1. The molecule has 4 nitrogen and oxygen atoms in total. The maximum absolute atomic E-state index is 11.2. The molecule has 1 aliphatic heterocycles. The molecule has 0 spiro atoms. The van der Waals surface area contributed by atoms with E-state index in [1.807, 2.05) is 0 Å². The normalized spacial score (nSPS) is 17.5. The molecule has 4 heteroatoms. The zero-order valence-electron chi connectivity index (χ0n) is 10.1. The van der Waals surface area contributed by atoms with Gasteiger partial charge >= 0.3 is 0 Å². The fraction of sp³-hybridized carbons (Fsp3) is 0.462. The average Bonchev–Trinajstić information content (AvgIpc) is 2.35. The highest BCUT2D eigenvalue weighted by atomic mass is 16.1. The second kappa shape index (κ2) is 5.29. The van der Waals surface area contributed by atoms with Crippen LogP contribution in [0.3, 0.4) is 0 Å². The molecule has 0 aliphatic carbocycles. The smallest absolute Gasteiger partial charge is 0.235 e. The average molecular weight is 233 g/mol. The summed E-state index contributed by atoms with van der Waals surface area (Å²) in [6.45, 7) is 2.57. The van der Waals surface area contributed by atoms with Crippen molar-refractivity contribution in [3.63, 3.8) is 0 Å². The maximum atomic E-state index is 11.2. The van der Waals surface area contributed by atoms with Gasteiger partial charge in [-0.05, 0) is 24.6 Å². The topological polar surface area (TPSA) is 58.4 Å². The number of fused-ring (bicyclic) bond motifs is 1. The number of nitrogens with one attached hydrogen (secondary N) is 1. The standard InChI is InChI=1S/C13H19N3O/c1-15-12(13(14)17)9-16-7-6-10-4-2-3-5-11(10)8-16/h2-5,12,15H,6-9H2,1H3,(H2,14,17). The molecule has 1 atom stereocenters. The second-order valence-electron chi connectivity index (χ2n) is 4.50. The van der Waals surface area contributed by atoms with Crippen LogP contribution in [0.5, 0.6) is 0 Å². The summed E-state index contributed by atoms with van der Waals surface area (Å²) in [5.74, 6) is -0.286. The molecule has 0 saturated carbocycles. The van der Waals surface area contributed by atoms with Crippen LogP contribution in [0.1, 0.15) is 11.1 Å². The first-order valence-electron chi connectivity index (χ1n) is 5.96. The zero-order valence-corrected chi connectivity index (χ0v) is 10.1. The summed E-state index contributed by atoms with van der Waals surface area (Å²) in [5, 5.41) is 2.96. The zero-order chi connectivity index (χ0) is 12.3. The van der Waals surface area contributed by atoms with Gasteiger partial charge < -0.3 is 11.1 Å². The van der Waals surface area contributed by atoms with Gasteiger partial charge in [0.2, 0.25) is 5.91 Å². The number of hydrogen-bond donors (Lipinski definition) is 2. The van der Waals surface area contributed by atoms with Gasteiger partial charge in [-0.3, -0.25) is 9.69 Å². The van der Waals surface area contributed by atoms with E-state index in [0.29, 0.717) is 6.54 Å². The third-order valence-corrected chi connectivity index (χ3v) is 3.34. The lowest BCUT2D eigenvalue weighted by Gasteiger charge is -2.30. The Morgan fingerprint density at radius 1 is 1.47 bits per heavy atom. The first-order chi connectivity index (χ1) is 8.20. The maximum Gasteiger partial charge on any atom is 0.235 e. The number of hydrogen-bond acceptors (Lipinski definition) is 3. The van der Waals surface area contributed by atoms with Gasteiger partial charge in [0.1, 0.15) is 0 Å². The highest BCUT2D eigenvalue weighted by molar-refractivity contribution is 5.80. The molecule has 1 unspecified atom stereocenters. The van der Waals surface area contributed by atoms with Crippen LogP contribution in [-0.2, 0) is 17.8 Å². The number of primary amides is 1. The molecule has 1 aromatic rings. The molecule has 0 aromatic heterocycles. The van der Waals surface area contributed by atoms with Crippen molar-refractivity contribution in [3.05, 3.63) is 35.4 Å². The van der Waals surface area contributed by atoms with Crippen molar-refractivity contribution >= 4 is 5.91 Å². The fourth-order valence-corrected chi connectivity index (χ4v) is 2.29. The van der Waals surface area contributed by atoms with Gasteiger partial charge in [-0.2, -0.15) is 0 Å². The van der Waals surface area contributed by atoms with E-state index in [0.717, 1.165) is 19.5 Å². The summed E-state index contributed by atoms with van der Waals surface area (Å²) >= 11 is 0. The number of carbonyl (C=O) groups excluding carboxylic acids is 1. The third-order valence-electron chi connectivity index (χ3n) is 3.34. The van der Waals surface area contributed by atoms with E-state index < -0.39 is 0 Å². The van der Waals surface area contributed by atoms with Gasteiger partial charge in [0.15, 0.2) is 0 Å². The van der Waals surface area contributed by atoms with Crippen LogP contribution in [0.25, 0.3) is 0 Å². The third kappa shape index (κ3) is 2.84. The number of likely N-dealkylation sites (N-methyl/N-ethyl adjacent to an activating group) is 1. The fourth-order valence-electron chi connectivity index (χ4n) is 2.29. The molecule has 1 amide bonds. The monoisotopic (exact) mass is 233 g/mol.